The molecule has 8 nitrogen and oxygen atoms in total. The number of tetrazole rings is 1. The molecule has 1 aliphatic rings. The smallest absolute Gasteiger partial charge is 0.181 e. The average molecular weight is 413 g/mol. The summed E-state index contributed by atoms with van der Waals surface area (Å²) in [6, 6.07) is 13.5. The third-order valence-corrected chi connectivity index (χ3v) is 6.41. The van der Waals surface area contributed by atoms with Crippen molar-refractivity contribution in [1.29, 1.82) is 0 Å². The van der Waals surface area contributed by atoms with Gasteiger partial charge in [0.2, 0.25) is 0 Å². The second-order valence-corrected chi connectivity index (χ2v) is 9.46. The summed E-state index contributed by atoms with van der Waals surface area (Å²) in [6.07, 6.45) is 1.19. The van der Waals surface area contributed by atoms with E-state index in [1.54, 1.807) is 12.1 Å². The van der Waals surface area contributed by atoms with Gasteiger partial charge in [0.15, 0.2) is 15.7 Å². The zero-order valence-electron chi connectivity index (χ0n) is 16.5. The van der Waals surface area contributed by atoms with Crippen LogP contribution in [0, 0.1) is 0 Å². The summed E-state index contributed by atoms with van der Waals surface area (Å²) in [5.74, 6) is 0.336. The number of likely N-dealkylation sites (N-methyl/N-ethyl adjacent to an activating group) is 1. The summed E-state index contributed by atoms with van der Waals surface area (Å²) in [5.41, 5.74) is 3.42. The molecule has 0 radical (unpaired) electrons. The summed E-state index contributed by atoms with van der Waals surface area (Å²) < 4.78 is 24.7. The Morgan fingerprint density at radius 3 is 2.38 bits per heavy atom. The highest BCUT2D eigenvalue weighted by Crippen LogP contribution is 2.35. The van der Waals surface area contributed by atoms with Gasteiger partial charge >= 0.3 is 0 Å². The minimum atomic E-state index is -3.45. The Labute approximate surface area is 170 Å². The maximum atomic E-state index is 12.3. The Kier molecular flexibility index (Phi) is 5.44. The van der Waals surface area contributed by atoms with E-state index < -0.39 is 9.84 Å². The molecule has 1 aliphatic heterocycles. The molecular weight excluding hydrogens is 388 g/mol. The van der Waals surface area contributed by atoms with Crippen molar-refractivity contribution >= 4 is 9.84 Å². The van der Waals surface area contributed by atoms with Crippen molar-refractivity contribution in [2.24, 2.45) is 0 Å². The Hall–Kier alpha value is -2.62. The number of aromatic amines is 1. The van der Waals surface area contributed by atoms with Gasteiger partial charge in [0.25, 0.3) is 0 Å². The van der Waals surface area contributed by atoms with Crippen LogP contribution in [0.15, 0.2) is 47.4 Å². The van der Waals surface area contributed by atoms with E-state index in [2.05, 4.69) is 49.6 Å². The molecule has 2 heterocycles. The number of aromatic nitrogens is 4. The van der Waals surface area contributed by atoms with Crippen LogP contribution in [-0.4, -0.2) is 78.3 Å². The molecule has 0 bridgehead atoms. The highest BCUT2D eigenvalue weighted by atomic mass is 32.2. The molecule has 1 N–H and O–H groups in total. The molecule has 0 saturated carbocycles. The molecule has 3 aromatic rings. The van der Waals surface area contributed by atoms with E-state index in [9.17, 15) is 8.42 Å². The average Bonchev–Trinajstić information content (AvgIpc) is 3.24. The van der Waals surface area contributed by atoms with Gasteiger partial charge in [-0.3, -0.25) is 4.90 Å². The Bertz CT molecular complexity index is 1070. The lowest BCUT2D eigenvalue weighted by Crippen LogP contribution is -2.43. The largest absolute Gasteiger partial charge is 0.304 e. The number of piperazine rings is 1. The fourth-order valence-corrected chi connectivity index (χ4v) is 4.55. The second-order valence-electron chi connectivity index (χ2n) is 7.48. The molecular formula is C20H24N6O2S. The molecule has 152 valence electrons. The van der Waals surface area contributed by atoms with E-state index in [1.165, 1.54) is 11.8 Å². The first kappa shape index (κ1) is 19.7. The Balaban J connectivity index is 1.67. The van der Waals surface area contributed by atoms with Crippen molar-refractivity contribution < 1.29 is 8.42 Å². The van der Waals surface area contributed by atoms with Gasteiger partial charge in [-0.05, 0) is 40.2 Å². The number of H-pyrrole nitrogens is 1. The standard InChI is InChI=1S/C20H24N6O2S/c1-25-10-12-26(13-11-25)14-15-6-8-16(9-7-15)17-4-3-5-18(29(2,27)28)19(17)20-21-23-24-22-20/h3-9H,10-14H2,1-2H3,(H,21,22,23,24). The number of nitrogens with one attached hydrogen (secondary N) is 1. The Morgan fingerprint density at radius 1 is 1.03 bits per heavy atom. The summed E-state index contributed by atoms with van der Waals surface area (Å²) in [7, 11) is -1.30. The minimum absolute atomic E-state index is 0.204. The molecule has 2 aromatic carbocycles. The number of sulfone groups is 1. The normalized spacial score (nSPS) is 16.2. The van der Waals surface area contributed by atoms with Crippen molar-refractivity contribution in [3.05, 3.63) is 48.0 Å². The van der Waals surface area contributed by atoms with Gasteiger partial charge in [0.05, 0.1) is 4.90 Å². The predicted octanol–water partition coefficient (Wildman–Crippen LogP) is 1.68. The van der Waals surface area contributed by atoms with Crippen LogP contribution in [-0.2, 0) is 16.4 Å². The van der Waals surface area contributed by atoms with Crippen molar-refractivity contribution in [2.75, 3.05) is 39.5 Å². The van der Waals surface area contributed by atoms with Gasteiger partial charge in [0.1, 0.15) is 0 Å². The van der Waals surface area contributed by atoms with Gasteiger partial charge in [0, 0.05) is 44.5 Å². The maximum Gasteiger partial charge on any atom is 0.181 e. The topological polar surface area (TPSA) is 95.1 Å². The van der Waals surface area contributed by atoms with Crippen molar-refractivity contribution in [3.8, 4) is 22.5 Å². The van der Waals surface area contributed by atoms with Gasteiger partial charge in [-0.25, -0.2) is 13.5 Å². The van der Waals surface area contributed by atoms with Crippen LogP contribution in [0.4, 0.5) is 0 Å². The SMILES string of the molecule is CN1CCN(Cc2ccc(-c3cccc(S(C)(=O)=O)c3-c3nnn[nH]3)cc2)CC1. The van der Waals surface area contributed by atoms with Crippen LogP contribution in [0.1, 0.15) is 5.56 Å². The molecule has 0 aliphatic carbocycles. The predicted molar refractivity (Wildman–Crippen MR) is 111 cm³/mol. The van der Waals surface area contributed by atoms with E-state index in [0.29, 0.717) is 11.4 Å². The monoisotopic (exact) mass is 412 g/mol. The zero-order chi connectivity index (χ0) is 20.4. The number of nitrogens with zero attached hydrogens (tertiary/aromatic N) is 5. The van der Waals surface area contributed by atoms with E-state index in [0.717, 1.165) is 43.9 Å². The van der Waals surface area contributed by atoms with Gasteiger partial charge in [-0.2, -0.15) is 0 Å². The van der Waals surface area contributed by atoms with Crippen LogP contribution in [0.3, 0.4) is 0 Å². The van der Waals surface area contributed by atoms with Crippen LogP contribution >= 0.6 is 0 Å². The van der Waals surface area contributed by atoms with Gasteiger partial charge in [-0.1, -0.05) is 36.4 Å². The van der Waals surface area contributed by atoms with E-state index >= 15 is 0 Å². The lowest BCUT2D eigenvalue weighted by atomic mass is 9.98. The number of hydrogen-bond donors (Lipinski definition) is 1. The third-order valence-electron chi connectivity index (χ3n) is 5.27. The lowest BCUT2D eigenvalue weighted by molar-refractivity contribution is 0.148. The summed E-state index contributed by atoms with van der Waals surface area (Å²) in [6.45, 7) is 5.22. The fraction of sp³-hybridized carbons (Fsp3) is 0.350. The number of rotatable bonds is 5. The summed E-state index contributed by atoms with van der Waals surface area (Å²) in [4.78, 5) is 4.99. The second kappa shape index (κ2) is 8.02. The molecule has 29 heavy (non-hydrogen) atoms. The molecule has 9 heteroatoms. The molecule has 0 amide bonds. The third kappa shape index (κ3) is 4.36. The maximum absolute atomic E-state index is 12.3. The van der Waals surface area contributed by atoms with Crippen molar-refractivity contribution in [1.82, 2.24) is 30.4 Å². The molecule has 1 aromatic heterocycles. The highest BCUT2D eigenvalue weighted by molar-refractivity contribution is 7.90. The first-order valence-corrected chi connectivity index (χ1v) is 11.4. The highest BCUT2D eigenvalue weighted by Gasteiger charge is 2.21. The van der Waals surface area contributed by atoms with Crippen LogP contribution in [0.5, 0.6) is 0 Å². The van der Waals surface area contributed by atoms with Crippen LogP contribution in [0.2, 0.25) is 0 Å². The lowest BCUT2D eigenvalue weighted by Gasteiger charge is -2.32. The molecule has 0 unspecified atom stereocenters. The summed E-state index contributed by atoms with van der Waals surface area (Å²) >= 11 is 0. The van der Waals surface area contributed by atoms with E-state index in [4.69, 9.17) is 0 Å². The first-order chi connectivity index (χ1) is 13.9. The number of hydrogen-bond acceptors (Lipinski definition) is 7. The molecule has 0 atom stereocenters. The minimum Gasteiger partial charge on any atom is -0.304 e. The van der Waals surface area contributed by atoms with Crippen LogP contribution < -0.4 is 0 Å². The van der Waals surface area contributed by atoms with Crippen LogP contribution in [0.25, 0.3) is 22.5 Å². The van der Waals surface area contributed by atoms with Crippen molar-refractivity contribution in [2.45, 2.75) is 11.4 Å². The molecule has 1 saturated heterocycles. The quantitative estimate of drug-likeness (QED) is 0.681. The Morgan fingerprint density at radius 2 is 1.76 bits per heavy atom. The molecule has 4 rings (SSSR count). The first-order valence-electron chi connectivity index (χ1n) is 9.49. The zero-order valence-corrected chi connectivity index (χ0v) is 17.4. The van der Waals surface area contributed by atoms with Gasteiger partial charge in [-0.15, -0.1) is 5.10 Å². The van der Waals surface area contributed by atoms with Crippen molar-refractivity contribution in [3.63, 3.8) is 0 Å². The molecule has 1 fully saturated rings. The summed E-state index contributed by atoms with van der Waals surface area (Å²) in [5, 5.41) is 13.9. The van der Waals surface area contributed by atoms with Gasteiger partial charge < -0.3 is 4.90 Å². The fourth-order valence-electron chi connectivity index (χ4n) is 3.64. The molecule has 0 spiro atoms. The van der Waals surface area contributed by atoms with E-state index in [-0.39, 0.29) is 4.90 Å². The number of benzene rings is 2. The van der Waals surface area contributed by atoms with E-state index in [1.807, 2.05) is 18.2 Å².